The smallest absolute Gasteiger partial charge is 0.298 e. The van der Waals surface area contributed by atoms with Crippen molar-refractivity contribution in [2.75, 3.05) is 27.2 Å². The Morgan fingerprint density at radius 1 is 1.05 bits per heavy atom. The number of hydrogen-bond donors (Lipinski definition) is 2. The minimum absolute atomic E-state index is 0.0694. The molecule has 3 aliphatic heterocycles. The van der Waals surface area contributed by atoms with Crippen molar-refractivity contribution in [1.29, 1.82) is 0 Å². The van der Waals surface area contributed by atoms with Gasteiger partial charge in [0, 0.05) is 59.7 Å². The summed E-state index contributed by atoms with van der Waals surface area (Å²) in [7, 11) is -0.392. The molecule has 1 aromatic heterocycles. The highest BCUT2D eigenvalue weighted by Crippen LogP contribution is 2.66. The molecule has 8 rings (SSSR count). The number of fused-ring (bicyclic) bond motifs is 9. The van der Waals surface area contributed by atoms with Crippen molar-refractivity contribution in [3.63, 3.8) is 0 Å². The lowest BCUT2D eigenvalue weighted by Gasteiger charge is -2.35. The van der Waals surface area contributed by atoms with Crippen LogP contribution in [0.3, 0.4) is 0 Å². The number of carbonyl (C=O) groups is 2. The third-order valence-electron chi connectivity index (χ3n) is 11.2. The Bertz CT molecular complexity index is 1830. The molecule has 2 aromatic carbocycles. The molecule has 2 saturated carbocycles. The molecule has 4 fully saturated rings. The van der Waals surface area contributed by atoms with Gasteiger partial charge in [0.2, 0.25) is 5.91 Å². The van der Waals surface area contributed by atoms with E-state index in [4.69, 9.17) is 9.88 Å². The summed E-state index contributed by atoms with van der Waals surface area (Å²) in [6.07, 6.45) is 7.52. The zero-order valence-electron chi connectivity index (χ0n) is 25.2. The van der Waals surface area contributed by atoms with E-state index in [-0.39, 0.29) is 23.4 Å². The van der Waals surface area contributed by atoms with Crippen LogP contribution in [-0.2, 0) is 21.5 Å². The number of amides is 2. The van der Waals surface area contributed by atoms with Gasteiger partial charge in [0.15, 0.2) is 0 Å². The maximum absolute atomic E-state index is 14.7. The van der Waals surface area contributed by atoms with Gasteiger partial charge in [0.05, 0.1) is 18.2 Å². The van der Waals surface area contributed by atoms with Crippen molar-refractivity contribution >= 4 is 32.9 Å². The van der Waals surface area contributed by atoms with Gasteiger partial charge in [-0.3, -0.25) is 14.5 Å². The molecular formula is C33H39N5O5S. The number of nitrogens with one attached hydrogen (secondary N) is 1. The van der Waals surface area contributed by atoms with E-state index in [9.17, 15) is 18.0 Å². The fourth-order valence-corrected chi connectivity index (χ4v) is 9.39. The van der Waals surface area contributed by atoms with Gasteiger partial charge in [-0.2, -0.15) is 8.42 Å². The largest absolute Gasteiger partial charge is 0.497 e. The van der Waals surface area contributed by atoms with Gasteiger partial charge in [0.1, 0.15) is 5.75 Å². The quantitative estimate of drug-likeness (QED) is 0.450. The number of ether oxygens (including phenoxy) is 1. The SMILES string of the molecule is COc1ccc2c(c1)C1CC1(C(=O)N1C[C@H]3C[C@@H]1CN3C)Cn1c-2c(C2CCCCC2)c2ccc(C(=O)NS(N)(=O)=O)cc21. The Balaban J connectivity index is 1.33. The van der Waals surface area contributed by atoms with Crippen molar-refractivity contribution in [3.8, 4) is 17.0 Å². The fourth-order valence-electron chi connectivity index (χ4n) is 9.01. The van der Waals surface area contributed by atoms with Crippen LogP contribution in [0, 0.1) is 5.41 Å². The molecule has 2 amide bonds. The second kappa shape index (κ2) is 9.79. The van der Waals surface area contributed by atoms with Crippen molar-refractivity contribution < 1.29 is 22.7 Å². The zero-order valence-corrected chi connectivity index (χ0v) is 26.0. The summed E-state index contributed by atoms with van der Waals surface area (Å²) in [5.74, 6) is 0.668. The Hall–Kier alpha value is -3.41. The van der Waals surface area contributed by atoms with Gasteiger partial charge in [-0.1, -0.05) is 25.3 Å². The summed E-state index contributed by atoms with van der Waals surface area (Å²) in [5.41, 5.74) is 5.15. The maximum atomic E-state index is 14.7. The lowest BCUT2D eigenvalue weighted by Crippen LogP contribution is -2.50. The average Bonchev–Trinajstić information content (AvgIpc) is 3.25. The van der Waals surface area contributed by atoms with Crippen LogP contribution in [0.15, 0.2) is 36.4 Å². The first kappa shape index (κ1) is 28.1. The zero-order chi connectivity index (χ0) is 30.5. The van der Waals surface area contributed by atoms with Gasteiger partial charge >= 0.3 is 0 Å². The first-order valence-electron chi connectivity index (χ1n) is 15.8. The monoisotopic (exact) mass is 617 g/mol. The van der Waals surface area contributed by atoms with E-state index in [0.29, 0.717) is 18.5 Å². The van der Waals surface area contributed by atoms with Crippen LogP contribution >= 0.6 is 0 Å². The van der Waals surface area contributed by atoms with Crippen molar-refractivity contribution in [2.24, 2.45) is 10.6 Å². The van der Waals surface area contributed by atoms with Crippen LogP contribution in [0.4, 0.5) is 0 Å². The number of likely N-dealkylation sites (N-methyl/N-ethyl adjacent to an activating group) is 1. The molecule has 0 spiro atoms. The standard InChI is InChI=1S/C33H39N5O5S/c1-36-16-22-13-21(36)17-37(22)32(40)33-15-27(33)26-14-23(43-2)9-11-24(26)30-29(19-6-4-3-5-7-19)25-10-8-20(12-28(25)38(30)18-33)31(39)35-44(34,41)42/h8-12,14,19,21-22,27H,3-7,13,15-18H2,1-2H3,(H,35,39)(H2,34,41,42)/t21-,22-,27?,33?/m1/s1. The number of rotatable bonds is 5. The predicted octanol–water partition coefficient (Wildman–Crippen LogP) is 3.70. The number of carbonyl (C=O) groups excluding carboxylic acids is 2. The lowest BCUT2D eigenvalue weighted by molar-refractivity contribution is -0.140. The van der Waals surface area contributed by atoms with Gasteiger partial charge in [-0.15, -0.1) is 0 Å². The van der Waals surface area contributed by atoms with Gasteiger partial charge < -0.3 is 14.2 Å². The lowest BCUT2D eigenvalue weighted by atomic mass is 9.81. The second-order valence-corrected chi connectivity index (χ2v) is 15.0. The summed E-state index contributed by atoms with van der Waals surface area (Å²) in [5, 5.41) is 6.20. The molecule has 2 unspecified atom stereocenters. The van der Waals surface area contributed by atoms with Crippen LogP contribution < -0.4 is 14.6 Å². The number of methoxy groups -OCH3 is 1. The van der Waals surface area contributed by atoms with Crippen LogP contribution in [-0.4, -0.2) is 73.9 Å². The van der Waals surface area contributed by atoms with E-state index in [0.717, 1.165) is 85.1 Å². The maximum Gasteiger partial charge on any atom is 0.298 e. The van der Waals surface area contributed by atoms with E-state index in [2.05, 4.69) is 33.5 Å². The van der Waals surface area contributed by atoms with E-state index < -0.39 is 21.5 Å². The third-order valence-corrected chi connectivity index (χ3v) is 11.7. The molecule has 3 aromatic rings. The first-order valence-corrected chi connectivity index (χ1v) is 17.3. The fraction of sp³-hybridized carbons (Fsp3) is 0.515. The Kier molecular flexibility index (Phi) is 6.25. The Morgan fingerprint density at radius 2 is 1.84 bits per heavy atom. The summed E-state index contributed by atoms with van der Waals surface area (Å²) in [4.78, 5) is 32.2. The van der Waals surface area contributed by atoms with Gasteiger partial charge in [-0.05, 0) is 80.1 Å². The minimum Gasteiger partial charge on any atom is -0.497 e. The molecule has 2 aliphatic carbocycles. The highest BCUT2D eigenvalue weighted by atomic mass is 32.2. The van der Waals surface area contributed by atoms with E-state index in [1.165, 1.54) is 12.0 Å². The molecule has 2 bridgehead atoms. The second-order valence-electron chi connectivity index (χ2n) is 13.7. The minimum atomic E-state index is -4.22. The number of likely N-dealkylation sites (tertiary alicyclic amines) is 2. The van der Waals surface area contributed by atoms with Gasteiger partial charge in [-0.25, -0.2) is 9.86 Å². The molecule has 11 heteroatoms. The number of aromatic nitrogens is 1. The summed E-state index contributed by atoms with van der Waals surface area (Å²) in [6, 6.07) is 12.3. The van der Waals surface area contributed by atoms with Crippen LogP contribution in [0.2, 0.25) is 0 Å². The Morgan fingerprint density at radius 3 is 2.52 bits per heavy atom. The predicted molar refractivity (Wildman–Crippen MR) is 167 cm³/mol. The van der Waals surface area contributed by atoms with Gasteiger partial charge in [0.25, 0.3) is 16.1 Å². The first-order chi connectivity index (χ1) is 21.1. The van der Waals surface area contributed by atoms with E-state index in [1.54, 1.807) is 19.2 Å². The highest BCUT2D eigenvalue weighted by Gasteiger charge is 2.65. The molecule has 10 nitrogen and oxygen atoms in total. The molecule has 4 atom stereocenters. The van der Waals surface area contributed by atoms with E-state index in [1.807, 2.05) is 16.9 Å². The Labute approximate surface area is 257 Å². The van der Waals surface area contributed by atoms with Crippen LogP contribution in [0.1, 0.15) is 78.3 Å². The molecular weight excluding hydrogens is 578 g/mol. The summed E-state index contributed by atoms with van der Waals surface area (Å²) in [6.45, 7) is 2.19. The molecule has 3 N–H and O–H groups in total. The number of benzene rings is 2. The van der Waals surface area contributed by atoms with E-state index >= 15 is 0 Å². The third kappa shape index (κ3) is 4.23. The molecule has 5 aliphatic rings. The number of nitrogens with two attached hydrogens (primary N) is 1. The number of piperazine rings is 1. The molecule has 0 radical (unpaired) electrons. The topological polar surface area (TPSA) is 127 Å². The van der Waals surface area contributed by atoms with Crippen molar-refractivity contribution in [3.05, 3.63) is 53.1 Å². The number of nitrogens with zero attached hydrogens (tertiary/aromatic N) is 3. The highest BCUT2D eigenvalue weighted by molar-refractivity contribution is 7.87. The summed E-state index contributed by atoms with van der Waals surface area (Å²) >= 11 is 0. The van der Waals surface area contributed by atoms with Crippen LogP contribution in [0.25, 0.3) is 22.2 Å². The molecule has 2 saturated heterocycles. The van der Waals surface area contributed by atoms with Crippen molar-refractivity contribution in [1.82, 2.24) is 19.1 Å². The molecule has 4 heterocycles. The van der Waals surface area contributed by atoms with Crippen LogP contribution in [0.5, 0.6) is 5.75 Å². The normalized spacial score (nSPS) is 27.9. The average molecular weight is 618 g/mol. The summed E-state index contributed by atoms with van der Waals surface area (Å²) < 4.78 is 33.3. The molecule has 44 heavy (non-hydrogen) atoms. The van der Waals surface area contributed by atoms with Crippen molar-refractivity contribution in [2.45, 2.75) is 75.4 Å². The molecule has 232 valence electrons. The number of hydrogen-bond acceptors (Lipinski definition) is 6.